The van der Waals surface area contributed by atoms with Crippen molar-refractivity contribution in [2.75, 3.05) is 26.2 Å². The monoisotopic (exact) mass is 327 g/mol. The predicted octanol–water partition coefficient (Wildman–Crippen LogP) is 0.365. The maximum Gasteiger partial charge on any atom is 0.334 e. The molecule has 1 rings (SSSR count). The number of nitrogens with zero attached hydrogens (tertiary/aromatic N) is 2. The Balaban J connectivity index is 2.44. The lowest BCUT2D eigenvalue weighted by Crippen LogP contribution is -2.42. The highest BCUT2D eigenvalue weighted by atomic mass is 16.5. The summed E-state index contributed by atoms with van der Waals surface area (Å²) in [6.45, 7) is 8.12. The number of nitrogens with one attached hydrogen (secondary N) is 1. The Morgan fingerprint density at radius 3 is 2.26 bits per heavy atom. The first-order valence-corrected chi connectivity index (χ1v) is 7.79. The number of hydrogen-bond donors (Lipinski definition) is 1. The molecule has 5 amide bonds. The van der Waals surface area contributed by atoms with Crippen LogP contribution in [0.4, 0.5) is 4.79 Å². The summed E-state index contributed by atoms with van der Waals surface area (Å²) in [5, 5.41) is 2.60. The number of urea groups is 1. The van der Waals surface area contributed by atoms with Crippen molar-refractivity contribution >= 4 is 23.8 Å². The predicted molar refractivity (Wildman–Crippen MR) is 82.4 cm³/mol. The second-order valence-electron chi connectivity index (χ2n) is 6.11. The van der Waals surface area contributed by atoms with Gasteiger partial charge in [0.1, 0.15) is 6.54 Å². The molecule has 0 spiro atoms. The van der Waals surface area contributed by atoms with Gasteiger partial charge in [0.15, 0.2) is 0 Å². The lowest BCUT2D eigenvalue weighted by molar-refractivity contribution is -0.144. The van der Waals surface area contributed by atoms with E-state index in [1.54, 1.807) is 0 Å². The first-order valence-electron chi connectivity index (χ1n) is 7.79. The van der Waals surface area contributed by atoms with Crippen molar-refractivity contribution in [3.8, 4) is 0 Å². The van der Waals surface area contributed by atoms with Crippen LogP contribution in [0.1, 0.15) is 34.1 Å². The molecule has 1 heterocycles. The Morgan fingerprint density at radius 2 is 1.70 bits per heavy atom. The number of carbonyl (C=O) groups excluding carboxylic acids is 4. The number of ether oxygens (including phenoxy) is 1. The van der Waals surface area contributed by atoms with Gasteiger partial charge in [-0.2, -0.15) is 0 Å². The van der Waals surface area contributed by atoms with E-state index in [4.69, 9.17) is 4.74 Å². The van der Waals surface area contributed by atoms with E-state index in [-0.39, 0.29) is 18.6 Å². The Kier molecular flexibility index (Phi) is 7.15. The third-order valence-corrected chi connectivity index (χ3v) is 3.08. The quantitative estimate of drug-likeness (QED) is 0.375. The van der Waals surface area contributed by atoms with Crippen LogP contribution in [0.25, 0.3) is 0 Å². The van der Waals surface area contributed by atoms with Crippen LogP contribution in [0, 0.1) is 5.92 Å². The highest BCUT2D eigenvalue weighted by Crippen LogP contribution is 2.13. The molecule has 0 aromatic rings. The molecule has 23 heavy (non-hydrogen) atoms. The zero-order chi connectivity index (χ0) is 17.6. The summed E-state index contributed by atoms with van der Waals surface area (Å²) >= 11 is 0. The number of amides is 5. The van der Waals surface area contributed by atoms with Crippen LogP contribution in [-0.4, -0.2) is 65.9 Å². The molecular weight excluding hydrogens is 302 g/mol. The summed E-state index contributed by atoms with van der Waals surface area (Å²) in [7, 11) is 0. The van der Waals surface area contributed by atoms with Crippen LogP contribution in [0.15, 0.2) is 0 Å². The molecule has 0 aromatic heterocycles. The fourth-order valence-corrected chi connectivity index (χ4v) is 2.03. The molecule has 0 bridgehead atoms. The van der Waals surface area contributed by atoms with Crippen LogP contribution < -0.4 is 5.32 Å². The van der Waals surface area contributed by atoms with Gasteiger partial charge >= 0.3 is 17.8 Å². The molecule has 0 atom stereocenters. The van der Waals surface area contributed by atoms with E-state index in [1.165, 1.54) is 0 Å². The highest BCUT2D eigenvalue weighted by molar-refractivity contribution is 6.45. The Bertz CT molecular complexity index is 476. The molecule has 0 aromatic carbocycles. The normalized spacial score (nSPS) is 15.3. The number of carbonyl (C=O) groups is 4. The standard InChI is InChI=1S/C15H25N3O5/c1-10(2)8-17-13(20)14(21)18(15(17)22)9-12(19)16-6-5-7-23-11(3)4/h10-11H,5-9H2,1-4H3,(H,16,19). The van der Waals surface area contributed by atoms with Gasteiger partial charge in [0.05, 0.1) is 6.10 Å². The first-order chi connectivity index (χ1) is 10.7. The maximum atomic E-state index is 12.1. The van der Waals surface area contributed by atoms with E-state index in [9.17, 15) is 19.2 Å². The van der Waals surface area contributed by atoms with Crippen molar-refractivity contribution in [2.24, 2.45) is 5.92 Å². The minimum Gasteiger partial charge on any atom is -0.379 e. The number of hydrogen-bond acceptors (Lipinski definition) is 5. The summed E-state index contributed by atoms with van der Waals surface area (Å²) in [4.78, 5) is 49.0. The van der Waals surface area contributed by atoms with Crippen LogP contribution >= 0.6 is 0 Å². The van der Waals surface area contributed by atoms with Gasteiger partial charge in [0, 0.05) is 19.7 Å². The van der Waals surface area contributed by atoms with E-state index >= 15 is 0 Å². The van der Waals surface area contributed by atoms with E-state index in [2.05, 4.69) is 5.32 Å². The lowest BCUT2D eigenvalue weighted by atomic mass is 10.2. The zero-order valence-corrected chi connectivity index (χ0v) is 14.1. The molecule has 1 aliphatic heterocycles. The van der Waals surface area contributed by atoms with Gasteiger partial charge in [-0.25, -0.2) is 9.69 Å². The zero-order valence-electron chi connectivity index (χ0n) is 14.1. The van der Waals surface area contributed by atoms with Crippen molar-refractivity contribution in [1.82, 2.24) is 15.1 Å². The van der Waals surface area contributed by atoms with Crippen molar-refractivity contribution in [3.63, 3.8) is 0 Å². The average molecular weight is 327 g/mol. The van der Waals surface area contributed by atoms with E-state index < -0.39 is 30.3 Å². The lowest BCUT2D eigenvalue weighted by Gasteiger charge is -2.16. The van der Waals surface area contributed by atoms with Crippen LogP contribution in [0.5, 0.6) is 0 Å². The second-order valence-corrected chi connectivity index (χ2v) is 6.11. The van der Waals surface area contributed by atoms with Gasteiger partial charge < -0.3 is 10.1 Å². The largest absolute Gasteiger partial charge is 0.379 e. The van der Waals surface area contributed by atoms with E-state index in [0.717, 1.165) is 4.90 Å². The molecule has 1 N–H and O–H groups in total. The van der Waals surface area contributed by atoms with Crippen LogP contribution in [0.2, 0.25) is 0 Å². The summed E-state index contributed by atoms with van der Waals surface area (Å²) in [5.41, 5.74) is 0. The van der Waals surface area contributed by atoms with Crippen molar-refractivity contribution < 1.29 is 23.9 Å². The summed E-state index contributed by atoms with van der Waals surface area (Å²) in [5.74, 6) is -2.25. The molecule has 0 unspecified atom stereocenters. The molecule has 1 aliphatic rings. The van der Waals surface area contributed by atoms with Gasteiger partial charge in [-0.3, -0.25) is 19.3 Å². The van der Waals surface area contributed by atoms with Gasteiger partial charge in [-0.05, 0) is 26.2 Å². The SMILES string of the molecule is CC(C)CN1C(=O)C(=O)N(CC(=O)NCCCOC(C)C)C1=O. The third kappa shape index (κ3) is 5.63. The first kappa shape index (κ1) is 19.1. The topological polar surface area (TPSA) is 96.0 Å². The van der Waals surface area contributed by atoms with E-state index in [1.807, 2.05) is 27.7 Å². The number of imide groups is 2. The van der Waals surface area contributed by atoms with Crippen molar-refractivity contribution in [1.29, 1.82) is 0 Å². The minimum atomic E-state index is -0.950. The van der Waals surface area contributed by atoms with Crippen LogP contribution in [0.3, 0.4) is 0 Å². The molecule has 1 fully saturated rings. The Labute approximate surface area is 136 Å². The van der Waals surface area contributed by atoms with Gasteiger partial charge in [-0.15, -0.1) is 0 Å². The minimum absolute atomic E-state index is 0.0467. The molecule has 0 aliphatic carbocycles. The van der Waals surface area contributed by atoms with Crippen molar-refractivity contribution in [3.05, 3.63) is 0 Å². The highest BCUT2D eigenvalue weighted by Gasteiger charge is 2.45. The van der Waals surface area contributed by atoms with Crippen LogP contribution in [-0.2, 0) is 19.1 Å². The molecule has 8 heteroatoms. The smallest absolute Gasteiger partial charge is 0.334 e. The summed E-state index contributed by atoms with van der Waals surface area (Å²) < 4.78 is 5.33. The van der Waals surface area contributed by atoms with Gasteiger partial charge in [0.2, 0.25) is 5.91 Å². The third-order valence-electron chi connectivity index (χ3n) is 3.08. The molecule has 0 saturated carbocycles. The fraction of sp³-hybridized carbons (Fsp3) is 0.733. The van der Waals surface area contributed by atoms with Gasteiger partial charge in [-0.1, -0.05) is 13.8 Å². The van der Waals surface area contributed by atoms with Crippen molar-refractivity contribution in [2.45, 2.75) is 40.2 Å². The maximum absolute atomic E-state index is 12.1. The fourth-order valence-electron chi connectivity index (χ4n) is 2.03. The molecular formula is C15H25N3O5. The summed E-state index contributed by atoms with van der Waals surface area (Å²) in [6, 6.07) is -0.730. The Hall–Kier alpha value is -1.96. The molecule has 0 radical (unpaired) electrons. The number of rotatable bonds is 9. The second kappa shape index (κ2) is 8.61. The Morgan fingerprint density at radius 1 is 1.09 bits per heavy atom. The molecule has 130 valence electrons. The molecule has 1 saturated heterocycles. The molecule has 8 nitrogen and oxygen atoms in total. The van der Waals surface area contributed by atoms with Gasteiger partial charge in [0.25, 0.3) is 0 Å². The average Bonchev–Trinajstić information content (AvgIpc) is 2.64. The van der Waals surface area contributed by atoms with E-state index in [0.29, 0.717) is 24.5 Å². The summed E-state index contributed by atoms with van der Waals surface area (Å²) in [6.07, 6.45) is 0.757.